The van der Waals surface area contributed by atoms with Crippen LogP contribution in [0.1, 0.15) is 164 Å². The average molecular weight is 1200 g/mol. The van der Waals surface area contributed by atoms with Gasteiger partial charge in [-0.25, -0.2) is 0 Å². The molecule has 0 aromatic heterocycles. The summed E-state index contributed by atoms with van der Waals surface area (Å²) in [5, 5.41) is 160. The summed E-state index contributed by atoms with van der Waals surface area (Å²) in [7, 11) is 0. The van der Waals surface area contributed by atoms with Gasteiger partial charge in [-0.05, 0) is 97.9 Å². The van der Waals surface area contributed by atoms with E-state index in [0.29, 0.717) is 26.2 Å². The summed E-state index contributed by atoms with van der Waals surface area (Å²) in [6.45, 7) is -0.190. The van der Waals surface area contributed by atoms with Gasteiger partial charge in [-0.3, -0.25) is 0 Å². The van der Waals surface area contributed by atoms with Crippen LogP contribution in [0.5, 0.6) is 46.0 Å². The number of aliphatic hydroxyl groups is 4. The van der Waals surface area contributed by atoms with Crippen LogP contribution < -0.4 is 21.3 Å². The van der Waals surface area contributed by atoms with E-state index < -0.39 is 23.7 Å². The normalized spacial score (nSPS) is 15.6. The number of phenols is 8. The minimum absolute atomic E-state index is 0.0823. The molecule has 16 N–H and O–H groups in total. The summed E-state index contributed by atoms with van der Waals surface area (Å²) in [5.41, 5.74) is 5.86. The highest BCUT2D eigenvalue weighted by Gasteiger charge is 2.37. The molecule has 0 amide bonds. The van der Waals surface area contributed by atoms with Crippen molar-refractivity contribution in [2.24, 2.45) is 0 Å². The van der Waals surface area contributed by atoms with Gasteiger partial charge >= 0.3 is 0 Å². The Labute approximate surface area is 514 Å². The molecule has 8 aromatic rings. The molecule has 0 saturated carbocycles. The lowest BCUT2D eigenvalue weighted by Crippen LogP contribution is -2.18. The van der Waals surface area contributed by atoms with Crippen molar-refractivity contribution in [2.45, 2.75) is 127 Å². The van der Waals surface area contributed by atoms with Gasteiger partial charge in [0.25, 0.3) is 0 Å². The number of hydrogen-bond donors (Lipinski definition) is 16. The Morgan fingerprint density at radius 1 is 0.239 bits per heavy atom. The van der Waals surface area contributed by atoms with Crippen molar-refractivity contribution in [2.75, 3.05) is 26.4 Å². The zero-order chi connectivity index (χ0) is 62.1. The van der Waals surface area contributed by atoms with Crippen molar-refractivity contribution in [3.8, 4) is 46.0 Å². The van der Waals surface area contributed by atoms with E-state index >= 15 is 0 Å². The van der Waals surface area contributed by atoms with Gasteiger partial charge in [0.15, 0.2) is 0 Å². The van der Waals surface area contributed by atoms with Gasteiger partial charge in [-0.15, -0.1) is 0 Å². The molecule has 0 aliphatic heterocycles. The van der Waals surface area contributed by atoms with Crippen molar-refractivity contribution in [3.63, 3.8) is 0 Å². The molecule has 16 nitrogen and oxygen atoms in total. The maximum absolute atomic E-state index is 13.0. The van der Waals surface area contributed by atoms with Crippen LogP contribution in [0.25, 0.3) is 0 Å². The summed E-state index contributed by atoms with van der Waals surface area (Å²) in [5.74, 6) is -6.54. The van der Waals surface area contributed by atoms with E-state index in [1.54, 1.807) is 24.3 Å². The number of benzene rings is 8. The molecule has 464 valence electrons. The van der Waals surface area contributed by atoms with Crippen molar-refractivity contribution in [1.29, 1.82) is 0 Å². The molecule has 0 saturated heterocycles. The molecule has 1 aliphatic rings. The highest BCUT2D eigenvalue weighted by atomic mass is 16.3. The number of fused-ring (bicyclic) bond motifs is 8. The number of nitrogens with one attached hydrogen (secondary N) is 4. The summed E-state index contributed by atoms with van der Waals surface area (Å²) in [4.78, 5) is 0. The number of hydrogen-bond acceptors (Lipinski definition) is 16. The summed E-state index contributed by atoms with van der Waals surface area (Å²) in [6.07, 6.45) is 1.02. The molecular formula is C72H84N4O12. The molecule has 0 spiro atoms. The molecule has 0 heterocycles. The molecule has 0 unspecified atom stereocenters. The van der Waals surface area contributed by atoms with Gasteiger partial charge in [0.2, 0.25) is 0 Å². The van der Waals surface area contributed by atoms with Crippen LogP contribution in [0.3, 0.4) is 0 Å². The molecule has 0 radical (unpaired) electrons. The Kier molecular flexibility index (Phi) is 22.8. The number of aliphatic hydroxyl groups excluding tert-OH is 4. The predicted molar refractivity (Wildman–Crippen MR) is 340 cm³/mol. The van der Waals surface area contributed by atoms with E-state index in [1.165, 1.54) is 0 Å². The molecular weight excluding hydrogens is 1110 g/mol. The van der Waals surface area contributed by atoms with Crippen molar-refractivity contribution in [3.05, 3.63) is 235 Å². The Morgan fingerprint density at radius 2 is 0.409 bits per heavy atom. The third-order valence-corrected chi connectivity index (χ3v) is 17.2. The highest BCUT2D eigenvalue weighted by molar-refractivity contribution is 5.68. The van der Waals surface area contributed by atoms with Gasteiger partial charge in [0.1, 0.15) is 46.0 Å². The summed E-state index contributed by atoms with van der Waals surface area (Å²) >= 11 is 0. The lowest BCUT2D eigenvalue weighted by molar-refractivity contribution is 0.280. The van der Waals surface area contributed by atoms with Crippen LogP contribution in [0.4, 0.5) is 0 Å². The van der Waals surface area contributed by atoms with Crippen LogP contribution in [-0.4, -0.2) is 87.7 Å². The fraction of sp³-hybridized carbons (Fsp3) is 0.333. The van der Waals surface area contributed by atoms with Gasteiger partial charge in [0.05, 0.1) is 22.3 Å². The van der Waals surface area contributed by atoms with E-state index in [9.17, 15) is 61.3 Å². The lowest BCUT2D eigenvalue weighted by Gasteiger charge is -2.32. The molecule has 16 heteroatoms. The minimum atomic E-state index is -0.997. The Morgan fingerprint density at radius 3 is 0.568 bits per heavy atom. The molecule has 0 atom stereocenters. The monoisotopic (exact) mass is 1200 g/mol. The first-order chi connectivity index (χ1) is 42.9. The Bertz CT molecular complexity index is 2980. The summed E-state index contributed by atoms with van der Waals surface area (Å²) < 4.78 is 0. The average Bonchev–Trinajstić information content (AvgIpc) is 1.19. The third-order valence-electron chi connectivity index (χ3n) is 17.2. The van der Waals surface area contributed by atoms with E-state index in [0.717, 1.165) is 22.3 Å². The van der Waals surface area contributed by atoms with E-state index in [1.807, 2.05) is 121 Å². The largest absolute Gasteiger partial charge is 0.507 e. The van der Waals surface area contributed by atoms with Gasteiger partial charge in [-0.1, -0.05) is 121 Å². The van der Waals surface area contributed by atoms with Crippen LogP contribution in [-0.2, 0) is 52.4 Å². The molecule has 8 aromatic carbocycles. The first-order valence-electron chi connectivity index (χ1n) is 30.6. The SMILES string of the molecule is OCCCC1c2cc(c(O)c(CNCc3ccccc3)c2O)C(CCCO)c2cc(c(O)c(CNCc3ccccc3)c2O)C(CCCO)c2cc(c(O)c(CNCc3ccccc3)c2O)C(CCCO)c2cc1c(O)c(CNCc1ccccc1)c2O. The van der Waals surface area contributed by atoms with Crippen molar-refractivity contribution < 1.29 is 61.3 Å². The van der Waals surface area contributed by atoms with Crippen molar-refractivity contribution in [1.82, 2.24) is 21.3 Å². The zero-order valence-corrected chi connectivity index (χ0v) is 49.7. The molecule has 1 aliphatic carbocycles. The third kappa shape index (κ3) is 14.9. The lowest BCUT2D eigenvalue weighted by atomic mass is 9.74. The Hall–Kier alpha value is -8.16. The number of rotatable bonds is 28. The van der Waals surface area contributed by atoms with E-state index in [2.05, 4.69) is 21.3 Å². The number of aromatic hydroxyl groups is 8. The Balaban J connectivity index is 1.39. The maximum atomic E-state index is 13.0. The first kappa shape index (κ1) is 64.3. The van der Waals surface area contributed by atoms with E-state index in [-0.39, 0.29) is 217 Å². The second-order valence-corrected chi connectivity index (χ2v) is 23.0. The standard InChI is InChI=1S/C72H84N4O12/c77-29-13-25-49-53-33-54(66(82)61(65(53)81)41-73-37-45-17-5-1-6-18-45)50(26-14-30-78)56-35-58(70(86)63(68(56)84)43-75-39-47-21-9-3-10-22-47)52(28-16-32-80)60-36-59(71(87)64(72(60)88)44-76-40-48-23-11-4-12-24-48)51(27-15-31-79)57-34-55(49)67(83)62(69(57)85)42-74-38-46-19-7-2-8-20-46/h1-12,17-24,33-36,49-52,73-88H,13-16,25-32,37-44H2. The maximum Gasteiger partial charge on any atom is 0.127 e. The minimum Gasteiger partial charge on any atom is -0.507 e. The van der Waals surface area contributed by atoms with Gasteiger partial charge < -0.3 is 82.5 Å². The molecule has 0 fully saturated rings. The van der Waals surface area contributed by atoms with Crippen LogP contribution in [0.15, 0.2) is 146 Å². The highest BCUT2D eigenvalue weighted by Crippen LogP contribution is 2.56. The second-order valence-electron chi connectivity index (χ2n) is 23.0. The smallest absolute Gasteiger partial charge is 0.127 e. The fourth-order valence-electron chi connectivity index (χ4n) is 12.7. The van der Waals surface area contributed by atoms with E-state index in [4.69, 9.17) is 0 Å². The van der Waals surface area contributed by atoms with Crippen LogP contribution in [0.2, 0.25) is 0 Å². The topological polar surface area (TPSA) is 291 Å². The molecule has 88 heavy (non-hydrogen) atoms. The summed E-state index contributed by atoms with van der Waals surface area (Å²) in [6, 6.07) is 44.9. The predicted octanol–water partition coefficient (Wildman–Crippen LogP) is 10.4. The van der Waals surface area contributed by atoms with Crippen LogP contribution in [0, 0.1) is 0 Å². The zero-order valence-electron chi connectivity index (χ0n) is 49.7. The van der Waals surface area contributed by atoms with Crippen molar-refractivity contribution >= 4 is 0 Å². The molecule has 8 bridgehead atoms. The van der Waals surface area contributed by atoms with Gasteiger partial charge in [-0.2, -0.15) is 0 Å². The second kappa shape index (κ2) is 31.1. The fourth-order valence-corrected chi connectivity index (χ4v) is 12.7. The van der Waals surface area contributed by atoms with Gasteiger partial charge in [0, 0.05) is 147 Å². The van der Waals surface area contributed by atoms with Crippen LogP contribution >= 0.6 is 0 Å². The molecule has 9 rings (SSSR count). The first-order valence-corrected chi connectivity index (χ1v) is 30.6. The quantitative estimate of drug-likeness (QED) is 0.0217. The number of phenolic OH excluding ortho intramolecular Hbond substituents is 8.